The van der Waals surface area contributed by atoms with Crippen molar-refractivity contribution in [2.24, 2.45) is 23.2 Å². The first-order valence-electron chi connectivity index (χ1n) is 15.3. The summed E-state index contributed by atoms with van der Waals surface area (Å²) in [5.74, 6) is 3.38. The van der Waals surface area contributed by atoms with Gasteiger partial charge in [0.2, 0.25) is 5.91 Å². The zero-order valence-electron chi connectivity index (χ0n) is 23.9. The van der Waals surface area contributed by atoms with Crippen LogP contribution < -0.4 is 10.1 Å². The smallest absolute Gasteiger partial charge is 0.219 e. The maximum Gasteiger partial charge on any atom is 0.219 e. The molecule has 1 amide bonds. The fourth-order valence-electron chi connectivity index (χ4n) is 7.96. The van der Waals surface area contributed by atoms with E-state index in [1.54, 1.807) is 7.05 Å². The molecule has 2 aromatic rings. The Labute approximate surface area is 235 Å². The first-order valence-corrected chi connectivity index (χ1v) is 15.3. The van der Waals surface area contributed by atoms with Crippen LogP contribution in [0.25, 0.3) is 0 Å². The number of allylic oxidation sites excluding steroid dienone is 2. The molecule has 210 valence electrons. The third-order valence-corrected chi connectivity index (χ3v) is 10.2. The number of amides is 1. The molecule has 39 heavy (non-hydrogen) atoms. The molecule has 6 atom stereocenters. The van der Waals surface area contributed by atoms with E-state index < -0.39 is 0 Å². The minimum atomic E-state index is -0.155. The highest BCUT2D eigenvalue weighted by Crippen LogP contribution is 2.62. The average Bonchev–Trinajstić information content (AvgIpc) is 3.27. The SMILES string of the molecule is CNC(=O)CCCCCCC=C[C@@H]1Cc2cc(OCc3ccccc3)ccc2[C@H]2CC[C@]3(C)[C@@H](O)CC[C@H]3[C@H]12. The van der Waals surface area contributed by atoms with Crippen LogP contribution in [0.15, 0.2) is 60.7 Å². The van der Waals surface area contributed by atoms with Crippen molar-refractivity contribution in [1.82, 2.24) is 5.32 Å². The van der Waals surface area contributed by atoms with E-state index in [9.17, 15) is 9.90 Å². The second-order valence-electron chi connectivity index (χ2n) is 12.5. The molecular weight excluding hydrogens is 482 g/mol. The summed E-state index contributed by atoms with van der Waals surface area (Å²) in [4.78, 5) is 11.4. The number of hydrogen-bond acceptors (Lipinski definition) is 3. The molecule has 0 aromatic heterocycles. The lowest BCUT2D eigenvalue weighted by Gasteiger charge is -2.52. The van der Waals surface area contributed by atoms with Crippen molar-refractivity contribution in [2.75, 3.05) is 7.05 Å². The summed E-state index contributed by atoms with van der Waals surface area (Å²) in [5, 5.41) is 13.7. The van der Waals surface area contributed by atoms with E-state index in [0.29, 0.717) is 36.7 Å². The predicted octanol–water partition coefficient (Wildman–Crippen LogP) is 7.35. The van der Waals surface area contributed by atoms with Gasteiger partial charge in [0.1, 0.15) is 12.4 Å². The Balaban J connectivity index is 1.28. The third kappa shape index (κ3) is 6.27. The van der Waals surface area contributed by atoms with Gasteiger partial charge in [-0.1, -0.05) is 68.3 Å². The van der Waals surface area contributed by atoms with Crippen molar-refractivity contribution in [3.8, 4) is 5.75 Å². The largest absolute Gasteiger partial charge is 0.489 e. The lowest BCUT2D eigenvalue weighted by atomic mass is 9.52. The molecule has 5 rings (SSSR count). The average molecular weight is 530 g/mol. The van der Waals surface area contributed by atoms with Crippen LogP contribution in [-0.4, -0.2) is 24.2 Å². The molecule has 4 nitrogen and oxygen atoms in total. The van der Waals surface area contributed by atoms with Crippen LogP contribution in [0.2, 0.25) is 0 Å². The van der Waals surface area contributed by atoms with Gasteiger partial charge in [0.25, 0.3) is 0 Å². The van der Waals surface area contributed by atoms with Crippen LogP contribution >= 0.6 is 0 Å². The number of aliphatic hydroxyl groups is 1. The lowest BCUT2D eigenvalue weighted by molar-refractivity contribution is -0.120. The normalized spacial score (nSPS) is 29.5. The summed E-state index contributed by atoms with van der Waals surface area (Å²) < 4.78 is 6.22. The van der Waals surface area contributed by atoms with Crippen molar-refractivity contribution < 1.29 is 14.6 Å². The molecule has 0 heterocycles. The summed E-state index contributed by atoms with van der Waals surface area (Å²) in [5.41, 5.74) is 4.23. The van der Waals surface area contributed by atoms with Gasteiger partial charge in [-0.2, -0.15) is 0 Å². The number of hydrogen-bond donors (Lipinski definition) is 2. The van der Waals surface area contributed by atoms with Crippen molar-refractivity contribution in [2.45, 2.75) is 96.2 Å². The van der Waals surface area contributed by atoms with Crippen molar-refractivity contribution in [3.63, 3.8) is 0 Å². The Kier molecular flexibility index (Phi) is 9.12. The van der Waals surface area contributed by atoms with Gasteiger partial charge in [0.15, 0.2) is 0 Å². The molecule has 0 saturated heterocycles. The Morgan fingerprint density at radius 3 is 2.72 bits per heavy atom. The second kappa shape index (κ2) is 12.7. The standard InChI is InChI=1S/C35H47NO3/c1-35-21-20-30-29-17-16-28(39-24-25-12-8-7-9-13-25)23-27(29)22-26(34(30)31(35)18-19-32(35)37)14-10-5-3-4-6-11-15-33(38)36-2/h7-10,12-14,16-17,23,26,30-32,34,37H,3-6,11,15,18-22,24H2,1-2H3,(H,36,38)/t26-,30-,31+,32+,34-,35+/m1/s1. The molecule has 2 fully saturated rings. The number of unbranched alkanes of at least 4 members (excludes halogenated alkanes) is 4. The Morgan fingerprint density at radius 2 is 1.90 bits per heavy atom. The molecular formula is C35H47NO3. The van der Waals surface area contributed by atoms with E-state index in [0.717, 1.165) is 50.7 Å². The molecule has 2 saturated carbocycles. The highest BCUT2D eigenvalue weighted by Gasteiger charge is 2.56. The molecule has 0 spiro atoms. The van der Waals surface area contributed by atoms with Gasteiger partial charge in [-0.25, -0.2) is 0 Å². The van der Waals surface area contributed by atoms with E-state index in [1.807, 2.05) is 6.07 Å². The Hall–Kier alpha value is -2.59. The number of carbonyl (C=O) groups is 1. The maximum atomic E-state index is 11.4. The highest BCUT2D eigenvalue weighted by atomic mass is 16.5. The van der Waals surface area contributed by atoms with E-state index in [2.05, 4.69) is 66.9 Å². The van der Waals surface area contributed by atoms with E-state index >= 15 is 0 Å². The predicted molar refractivity (Wildman–Crippen MR) is 158 cm³/mol. The molecule has 0 unspecified atom stereocenters. The van der Waals surface area contributed by atoms with Crippen LogP contribution in [0.3, 0.4) is 0 Å². The van der Waals surface area contributed by atoms with Gasteiger partial charge in [0, 0.05) is 13.5 Å². The molecule has 3 aliphatic rings. The molecule has 0 aliphatic heterocycles. The van der Waals surface area contributed by atoms with Crippen molar-refractivity contribution in [3.05, 3.63) is 77.4 Å². The number of fused-ring (bicyclic) bond motifs is 5. The number of nitrogens with one attached hydrogen (secondary N) is 1. The van der Waals surface area contributed by atoms with Gasteiger partial charge in [0.05, 0.1) is 6.10 Å². The maximum absolute atomic E-state index is 11.4. The topological polar surface area (TPSA) is 58.6 Å². The van der Waals surface area contributed by atoms with Gasteiger partial charge in [-0.3, -0.25) is 4.79 Å². The number of rotatable bonds is 11. The molecule has 0 radical (unpaired) electrons. The van der Waals surface area contributed by atoms with Crippen LogP contribution in [-0.2, 0) is 17.8 Å². The molecule has 3 aliphatic carbocycles. The minimum Gasteiger partial charge on any atom is -0.489 e. The monoisotopic (exact) mass is 529 g/mol. The van der Waals surface area contributed by atoms with Crippen molar-refractivity contribution >= 4 is 5.91 Å². The fraction of sp³-hybridized carbons (Fsp3) is 0.571. The summed E-state index contributed by atoms with van der Waals surface area (Å²) in [6.45, 7) is 2.96. The quantitative estimate of drug-likeness (QED) is 0.236. The van der Waals surface area contributed by atoms with Crippen molar-refractivity contribution in [1.29, 1.82) is 0 Å². The number of carbonyl (C=O) groups excluding carboxylic acids is 1. The van der Waals surface area contributed by atoms with Crippen LogP contribution in [0.4, 0.5) is 0 Å². The number of benzene rings is 2. The number of aliphatic hydroxyl groups excluding tert-OH is 1. The minimum absolute atomic E-state index is 0.0638. The molecule has 2 aromatic carbocycles. The van der Waals surface area contributed by atoms with Crippen LogP contribution in [0, 0.1) is 23.2 Å². The fourth-order valence-corrected chi connectivity index (χ4v) is 7.96. The summed E-state index contributed by atoms with van der Waals surface area (Å²) in [7, 11) is 1.71. The van der Waals surface area contributed by atoms with E-state index in [1.165, 1.54) is 36.0 Å². The Bertz CT molecular complexity index is 1130. The first-order chi connectivity index (χ1) is 19.0. The highest BCUT2D eigenvalue weighted by molar-refractivity contribution is 5.75. The van der Waals surface area contributed by atoms with Gasteiger partial charge >= 0.3 is 0 Å². The summed E-state index contributed by atoms with van der Waals surface area (Å²) in [6, 6.07) is 17.2. The Morgan fingerprint density at radius 1 is 1.08 bits per heavy atom. The molecule has 2 N–H and O–H groups in total. The zero-order chi connectivity index (χ0) is 27.2. The first kappa shape index (κ1) is 28.0. The summed E-state index contributed by atoms with van der Waals surface area (Å²) in [6.07, 6.45) is 16.5. The molecule has 0 bridgehead atoms. The van der Waals surface area contributed by atoms with Crippen LogP contribution in [0.1, 0.15) is 93.7 Å². The van der Waals surface area contributed by atoms with Gasteiger partial charge < -0.3 is 15.2 Å². The van der Waals surface area contributed by atoms with Gasteiger partial charge in [-0.15, -0.1) is 0 Å². The number of ether oxygens (including phenoxy) is 1. The lowest BCUT2D eigenvalue weighted by Crippen LogP contribution is -2.46. The van der Waals surface area contributed by atoms with Crippen LogP contribution in [0.5, 0.6) is 5.75 Å². The second-order valence-corrected chi connectivity index (χ2v) is 12.5. The molecule has 4 heteroatoms. The van der Waals surface area contributed by atoms with Gasteiger partial charge in [-0.05, 0) is 109 Å². The van der Waals surface area contributed by atoms with E-state index in [-0.39, 0.29) is 17.4 Å². The summed E-state index contributed by atoms with van der Waals surface area (Å²) >= 11 is 0. The van der Waals surface area contributed by atoms with E-state index in [4.69, 9.17) is 4.74 Å². The zero-order valence-corrected chi connectivity index (χ0v) is 23.9. The third-order valence-electron chi connectivity index (χ3n) is 10.2.